The Balaban J connectivity index is 1.64. The summed E-state index contributed by atoms with van der Waals surface area (Å²) in [5.41, 5.74) is 4.21. The van der Waals surface area contributed by atoms with Gasteiger partial charge in [0.05, 0.1) is 22.4 Å². The number of phenolic OH excluding ortho intramolecular Hbond substituents is 1. The minimum atomic E-state index is -0.900. The molecule has 5 rings (SSSR count). The van der Waals surface area contributed by atoms with Gasteiger partial charge in [-0.3, -0.25) is 4.90 Å². The molecule has 6 nitrogen and oxygen atoms in total. The van der Waals surface area contributed by atoms with Gasteiger partial charge >= 0.3 is 6.09 Å². The number of carbonyl (C=O) groups is 1. The van der Waals surface area contributed by atoms with Crippen LogP contribution in [-0.2, 0) is 5.54 Å². The second-order valence-electron chi connectivity index (χ2n) is 10.2. The van der Waals surface area contributed by atoms with Crippen molar-refractivity contribution in [1.29, 1.82) is 0 Å². The molecule has 178 valence electrons. The molecule has 0 spiro atoms. The largest absolute Gasteiger partial charge is 0.506 e. The van der Waals surface area contributed by atoms with E-state index in [0.717, 1.165) is 41.6 Å². The van der Waals surface area contributed by atoms with Gasteiger partial charge in [0, 0.05) is 16.7 Å². The molecule has 0 radical (unpaired) electrons. The van der Waals surface area contributed by atoms with Crippen molar-refractivity contribution in [3.8, 4) is 28.3 Å². The number of hydrogen-bond donors (Lipinski definition) is 2. The lowest BCUT2D eigenvalue weighted by Gasteiger charge is -2.54. The Morgan fingerprint density at radius 2 is 1.49 bits per heavy atom. The van der Waals surface area contributed by atoms with Gasteiger partial charge in [0.25, 0.3) is 0 Å². The number of phenols is 1. The molecule has 0 atom stereocenters. The highest BCUT2D eigenvalue weighted by molar-refractivity contribution is 5.89. The molecule has 1 saturated carbocycles. The Bertz CT molecular complexity index is 1390. The first-order chi connectivity index (χ1) is 16.7. The normalized spacial score (nSPS) is 14.9. The van der Waals surface area contributed by atoms with Crippen LogP contribution in [0.15, 0.2) is 72.8 Å². The van der Waals surface area contributed by atoms with Gasteiger partial charge in [-0.05, 0) is 57.7 Å². The molecule has 0 unspecified atom stereocenters. The molecule has 1 fully saturated rings. The zero-order valence-electron chi connectivity index (χ0n) is 20.2. The highest BCUT2D eigenvalue weighted by Crippen LogP contribution is 2.49. The third-order valence-electron chi connectivity index (χ3n) is 6.89. The van der Waals surface area contributed by atoms with Crippen molar-refractivity contribution in [2.24, 2.45) is 0 Å². The quantitative estimate of drug-likeness (QED) is 0.344. The number of para-hydroxylation sites is 1. The Labute approximate surface area is 204 Å². The van der Waals surface area contributed by atoms with Crippen LogP contribution in [0.25, 0.3) is 33.5 Å². The third kappa shape index (κ3) is 3.89. The molecule has 3 aromatic carbocycles. The molecule has 1 heterocycles. The first-order valence-electron chi connectivity index (χ1n) is 11.9. The standard InChI is InChI=1S/C29H29N3O3/c1-28(2,3)32(27(34)35)29(17-8-18-29)21-15-13-20(14-16-21)25-24(19-9-5-4-6-10-19)30-22-11-7-12-23(33)26(22)31-25/h4-7,9-16,33H,8,17-18H2,1-3H3,(H,34,35). The van der Waals surface area contributed by atoms with Gasteiger partial charge in [-0.15, -0.1) is 0 Å². The molecule has 4 aromatic rings. The number of nitrogens with zero attached hydrogens (tertiary/aromatic N) is 3. The average Bonchev–Trinajstić information content (AvgIpc) is 2.80. The molecule has 0 bridgehead atoms. The third-order valence-corrected chi connectivity index (χ3v) is 6.89. The van der Waals surface area contributed by atoms with E-state index in [2.05, 4.69) is 0 Å². The van der Waals surface area contributed by atoms with Crippen molar-refractivity contribution < 1.29 is 15.0 Å². The second kappa shape index (κ2) is 8.38. The molecule has 1 aliphatic carbocycles. The number of hydrogen-bond acceptors (Lipinski definition) is 4. The SMILES string of the molecule is CC(C)(C)N(C(=O)O)C1(c2ccc(-c3nc4c(O)cccc4nc3-c3ccccc3)cc2)CCC1. The van der Waals surface area contributed by atoms with Crippen LogP contribution in [0.1, 0.15) is 45.6 Å². The zero-order chi connectivity index (χ0) is 24.8. The predicted molar refractivity (Wildman–Crippen MR) is 137 cm³/mol. The van der Waals surface area contributed by atoms with Gasteiger partial charge in [-0.2, -0.15) is 0 Å². The van der Waals surface area contributed by atoms with Crippen molar-refractivity contribution in [3.05, 3.63) is 78.4 Å². The lowest BCUT2D eigenvalue weighted by atomic mass is 9.69. The van der Waals surface area contributed by atoms with Gasteiger partial charge < -0.3 is 10.2 Å². The summed E-state index contributed by atoms with van der Waals surface area (Å²) in [5.74, 6) is 0.0863. The fraction of sp³-hybridized carbons (Fsp3) is 0.276. The van der Waals surface area contributed by atoms with E-state index in [1.54, 1.807) is 17.0 Å². The topological polar surface area (TPSA) is 86.6 Å². The predicted octanol–water partition coefficient (Wildman–Crippen LogP) is 6.83. The number of carboxylic acid groups (broad SMARTS) is 1. The van der Waals surface area contributed by atoms with Crippen molar-refractivity contribution in [2.75, 3.05) is 0 Å². The molecule has 1 aliphatic rings. The maximum Gasteiger partial charge on any atom is 0.408 e. The summed E-state index contributed by atoms with van der Waals surface area (Å²) in [6.45, 7) is 5.83. The van der Waals surface area contributed by atoms with E-state index >= 15 is 0 Å². The molecule has 1 amide bonds. The Morgan fingerprint density at radius 1 is 0.857 bits per heavy atom. The fourth-order valence-corrected chi connectivity index (χ4v) is 5.26. The lowest BCUT2D eigenvalue weighted by molar-refractivity contribution is -0.0328. The molecule has 6 heteroatoms. The minimum Gasteiger partial charge on any atom is -0.506 e. The Morgan fingerprint density at radius 3 is 2.06 bits per heavy atom. The van der Waals surface area contributed by atoms with Crippen LogP contribution in [-0.4, -0.2) is 36.7 Å². The molecule has 1 aromatic heterocycles. The zero-order valence-corrected chi connectivity index (χ0v) is 20.2. The molecular weight excluding hydrogens is 438 g/mol. The van der Waals surface area contributed by atoms with E-state index in [0.29, 0.717) is 16.7 Å². The first kappa shape index (κ1) is 22.8. The first-order valence-corrected chi connectivity index (χ1v) is 11.9. The number of benzene rings is 3. The number of aromatic nitrogens is 2. The van der Waals surface area contributed by atoms with Crippen LogP contribution in [0, 0.1) is 0 Å². The molecule has 0 aliphatic heterocycles. The molecule has 0 saturated heterocycles. The maximum atomic E-state index is 12.3. The van der Waals surface area contributed by atoms with Gasteiger partial charge in [0.15, 0.2) is 0 Å². The van der Waals surface area contributed by atoms with E-state index in [-0.39, 0.29) is 5.75 Å². The van der Waals surface area contributed by atoms with Gasteiger partial charge in [0.2, 0.25) is 0 Å². The fourth-order valence-electron chi connectivity index (χ4n) is 5.26. The Kier molecular flexibility index (Phi) is 5.47. The smallest absolute Gasteiger partial charge is 0.408 e. The minimum absolute atomic E-state index is 0.0863. The summed E-state index contributed by atoms with van der Waals surface area (Å²) in [7, 11) is 0. The average molecular weight is 468 g/mol. The maximum absolute atomic E-state index is 12.3. The Hall–Kier alpha value is -3.93. The summed E-state index contributed by atoms with van der Waals surface area (Å²) in [6, 6.07) is 23.1. The van der Waals surface area contributed by atoms with E-state index in [9.17, 15) is 15.0 Å². The van der Waals surface area contributed by atoms with Gasteiger partial charge in [-0.25, -0.2) is 14.8 Å². The number of amides is 1. The van der Waals surface area contributed by atoms with Crippen molar-refractivity contribution in [2.45, 2.75) is 51.1 Å². The van der Waals surface area contributed by atoms with Gasteiger partial charge in [-0.1, -0.05) is 60.7 Å². The summed E-state index contributed by atoms with van der Waals surface area (Å²) in [5, 5.41) is 20.5. The lowest BCUT2D eigenvalue weighted by Crippen LogP contribution is -2.60. The van der Waals surface area contributed by atoms with Crippen LogP contribution in [0.5, 0.6) is 5.75 Å². The van der Waals surface area contributed by atoms with Crippen molar-refractivity contribution in [3.63, 3.8) is 0 Å². The van der Waals surface area contributed by atoms with E-state index in [1.165, 1.54) is 0 Å². The highest BCUT2D eigenvalue weighted by Gasteiger charge is 2.50. The van der Waals surface area contributed by atoms with Crippen LogP contribution in [0.4, 0.5) is 4.79 Å². The van der Waals surface area contributed by atoms with Crippen molar-refractivity contribution in [1.82, 2.24) is 14.9 Å². The summed E-state index contributed by atoms with van der Waals surface area (Å²) >= 11 is 0. The second-order valence-corrected chi connectivity index (χ2v) is 10.2. The molecule has 35 heavy (non-hydrogen) atoms. The van der Waals surface area contributed by atoms with E-state index < -0.39 is 17.2 Å². The number of fused-ring (bicyclic) bond motifs is 1. The van der Waals surface area contributed by atoms with Crippen LogP contribution in [0.2, 0.25) is 0 Å². The molecule has 2 N–H and O–H groups in total. The summed E-state index contributed by atoms with van der Waals surface area (Å²) in [4.78, 5) is 23.6. The van der Waals surface area contributed by atoms with E-state index in [1.807, 2.05) is 81.4 Å². The van der Waals surface area contributed by atoms with Crippen LogP contribution < -0.4 is 0 Å². The summed E-state index contributed by atoms with van der Waals surface area (Å²) in [6.07, 6.45) is 1.70. The van der Waals surface area contributed by atoms with Crippen LogP contribution >= 0.6 is 0 Å². The summed E-state index contributed by atoms with van der Waals surface area (Å²) < 4.78 is 0. The highest BCUT2D eigenvalue weighted by atomic mass is 16.4. The monoisotopic (exact) mass is 467 g/mol. The van der Waals surface area contributed by atoms with Crippen LogP contribution in [0.3, 0.4) is 0 Å². The van der Waals surface area contributed by atoms with E-state index in [4.69, 9.17) is 9.97 Å². The number of rotatable bonds is 4. The van der Waals surface area contributed by atoms with Gasteiger partial charge in [0.1, 0.15) is 11.3 Å². The number of aromatic hydroxyl groups is 1. The van der Waals surface area contributed by atoms with Crippen molar-refractivity contribution >= 4 is 17.1 Å². The molecular formula is C29H29N3O3.